The van der Waals surface area contributed by atoms with Crippen molar-refractivity contribution < 1.29 is 19.1 Å². The molecule has 6 heteroatoms. The molecule has 3 fully saturated rings. The van der Waals surface area contributed by atoms with Crippen LogP contribution in [-0.2, 0) is 19.1 Å². The molecule has 1 N–H and O–H groups in total. The van der Waals surface area contributed by atoms with Crippen LogP contribution in [0.15, 0.2) is 42.5 Å². The summed E-state index contributed by atoms with van der Waals surface area (Å²) < 4.78 is 12.7. The van der Waals surface area contributed by atoms with Crippen LogP contribution in [0.1, 0.15) is 77.0 Å². The number of carbonyl (C=O) groups excluding carboxylic acids is 2. The van der Waals surface area contributed by atoms with Gasteiger partial charge in [-0.05, 0) is 50.9 Å². The third kappa shape index (κ3) is 4.37. The number of fused-ring (bicyclic) bond motifs is 1. The Morgan fingerprint density at radius 1 is 0.824 bits per heavy atom. The molecule has 6 nitrogen and oxygen atoms in total. The zero-order valence-electron chi connectivity index (χ0n) is 20.2. The number of hydrogen-bond donors (Lipinski definition) is 1. The Morgan fingerprint density at radius 2 is 1.44 bits per heavy atom. The van der Waals surface area contributed by atoms with Gasteiger partial charge in [-0.3, -0.25) is 0 Å². The Morgan fingerprint density at radius 3 is 2.12 bits per heavy atom. The summed E-state index contributed by atoms with van der Waals surface area (Å²) in [5, 5.41) is 3.50. The van der Waals surface area contributed by atoms with Gasteiger partial charge in [0.25, 0.3) is 0 Å². The summed E-state index contributed by atoms with van der Waals surface area (Å²) >= 11 is 0. The molecule has 1 aromatic carbocycles. The van der Waals surface area contributed by atoms with Crippen molar-refractivity contribution in [2.75, 3.05) is 18.0 Å². The van der Waals surface area contributed by atoms with E-state index in [9.17, 15) is 9.59 Å². The van der Waals surface area contributed by atoms with E-state index in [1.54, 1.807) is 0 Å². The van der Waals surface area contributed by atoms with Gasteiger partial charge in [0.05, 0.1) is 5.54 Å². The highest BCUT2D eigenvalue weighted by Crippen LogP contribution is 2.55. The third-order valence-corrected chi connectivity index (χ3v) is 8.47. The lowest BCUT2D eigenvalue weighted by Gasteiger charge is -2.52. The van der Waals surface area contributed by atoms with Gasteiger partial charge in [0.15, 0.2) is 6.10 Å². The number of ether oxygens (including phenoxy) is 2. The Hall–Kier alpha value is -2.34. The lowest BCUT2D eigenvalue weighted by atomic mass is 9.81. The molecule has 1 aliphatic carbocycles. The second-order valence-electron chi connectivity index (χ2n) is 10.5. The molecule has 1 aromatic rings. The number of nitrogens with one attached hydrogen (secondary N) is 1. The largest absolute Gasteiger partial charge is 0.453 e. The minimum absolute atomic E-state index is 0.105. The first-order valence-electron chi connectivity index (χ1n) is 13.3. The fourth-order valence-electron chi connectivity index (χ4n) is 6.97. The average Bonchev–Trinajstić information content (AvgIpc) is 3.09. The SMILES string of the molecule is O=C1/C=C/C(=O)OC2(C3CCCCCCCCC3)C(CC3(CCNCC3)N2c2ccccc2)O1. The van der Waals surface area contributed by atoms with Crippen LogP contribution in [-0.4, -0.2) is 42.4 Å². The fraction of sp³-hybridized carbons (Fsp3) is 0.643. The van der Waals surface area contributed by atoms with Gasteiger partial charge in [0, 0.05) is 30.2 Å². The Bertz CT molecular complexity index is 885. The summed E-state index contributed by atoms with van der Waals surface area (Å²) in [5.74, 6) is -0.774. The maximum atomic E-state index is 13.1. The number of para-hydroxylation sites is 1. The van der Waals surface area contributed by atoms with Crippen molar-refractivity contribution in [3.8, 4) is 0 Å². The molecule has 184 valence electrons. The molecule has 3 aliphatic heterocycles. The van der Waals surface area contributed by atoms with Gasteiger partial charge in [0.2, 0.25) is 5.72 Å². The van der Waals surface area contributed by atoms with E-state index in [2.05, 4.69) is 34.5 Å². The monoisotopic (exact) mass is 466 g/mol. The molecule has 34 heavy (non-hydrogen) atoms. The van der Waals surface area contributed by atoms with Crippen LogP contribution >= 0.6 is 0 Å². The molecule has 0 bridgehead atoms. The van der Waals surface area contributed by atoms with E-state index >= 15 is 0 Å². The Kier molecular flexibility index (Phi) is 6.96. The molecule has 4 aliphatic rings. The molecule has 3 heterocycles. The standard InChI is InChI=1S/C28H38N2O4/c31-25-15-16-26(32)34-28(22-11-7-4-2-1-3-5-8-12-22)24(33-25)21-27(17-19-29-20-18-27)30(28)23-13-9-6-10-14-23/h6,9-10,13-16,22,24,29H,1-5,7-8,11-12,17-21H2/b16-15+. The van der Waals surface area contributed by atoms with Crippen molar-refractivity contribution in [2.45, 2.75) is 94.4 Å². The second-order valence-corrected chi connectivity index (χ2v) is 10.5. The van der Waals surface area contributed by atoms with Crippen molar-refractivity contribution in [3.63, 3.8) is 0 Å². The van der Waals surface area contributed by atoms with Gasteiger partial charge in [-0.2, -0.15) is 0 Å². The second kappa shape index (κ2) is 10.1. The zero-order chi connectivity index (χ0) is 23.4. The van der Waals surface area contributed by atoms with Crippen LogP contribution in [0.2, 0.25) is 0 Å². The first-order chi connectivity index (χ1) is 16.6. The number of anilines is 1. The van der Waals surface area contributed by atoms with Gasteiger partial charge in [-0.15, -0.1) is 0 Å². The van der Waals surface area contributed by atoms with E-state index in [0.29, 0.717) is 6.42 Å². The van der Waals surface area contributed by atoms with Crippen LogP contribution in [0.3, 0.4) is 0 Å². The minimum Gasteiger partial charge on any atom is -0.453 e. The highest BCUT2D eigenvalue weighted by molar-refractivity contribution is 5.93. The summed E-state index contributed by atoms with van der Waals surface area (Å²) in [6.07, 6.45) is 14.9. The number of carbonyl (C=O) groups is 2. The van der Waals surface area contributed by atoms with Crippen LogP contribution in [0.25, 0.3) is 0 Å². The molecular formula is C28H38N2O4. The topological polar surface area (TPSA) is 67.9 Å². The Balaban J connectivity index is 1.66. The summed E-state index contributed by atoms with van der Waals surface area (Å²) in [4.78, 5) is 28.3. The number of piperidine rings is 1. The van der Waals surface area contributed by atoms with E-state index < -0.39 is 23.8 Å². The van der Waals surface area contributed by atoms with Crippen molar-refractivity contribution >= 4 is 17.6 Å². The van der Waals surface area contributed by atoms with Crippen molar-refractivity contribution in [1.29, 1.82) is 0 Å². The first kappa shape index (κ1) is 23.4. The molecule has 2 atom stereocenters. The molecule has 0 aromatic heterocycles. The molecule has 1 spiro atoms. The predicted octanol–water partition coefficient (Wildman–Crippen LogP) is 4.88. The Labute approximate surface area is 203 Å². The maximum Gasteiger partial charge on any atom is 0.333 e. The van der Waals surface area contributed by atoms with Crippen molar-refractivity contribution in [1.82, 2.24) is 5.32 Å². The van der Waals surface area contributed by atoms with Gasteiger partial charge in [0.1, 0.15) is 0 Å². The van der Waals surface area contributed by atoms with Gasteiger partial charge in [-0.25, -0.2) is 9.59 Å². The van der Waals surface area contributed by atoms with Gasteiger partial charge < -0.3 is 19.7 Å². The minimum atomic E-state index is -0.991. The normalized spacial score (nSPS) is 31.6. The van der Waals surface area contributed by atoms with Crippen molar-refractivity contribution in [3.05, 3.63) is 42.5 Å². The third-order valence-electron chi connectivity index (χ3n) is 8.47. The van der Waals surface area contributed by atoms with Gasteiger partial charge >= 0.3 is 11.9 Å². The number of hydrogen-bond acceptors (Lipinski definition) is 6. The summed E-state index contributed by atoms with van der Waals surface area (Å²) in [5.41, 5.74) is -0.162. The predicted molar refractivity (Wildman–Crippen MR) is 131 cm³/mol. The molecule has 2 saturated heterocycles. The van der Waals surface area contributed by atoms with E-state index in [0.717, 1.165) is 57.3 Å². The highest BCUT2D eigenvalue weighted by atomic mass is 16.6. The van der Waals surface area contributed by atoms with E-state index in [1.807, 2.05) is 6.07 Å². The molecule has 2 unspecified atom stereocenters. The van der Waals surface area contributed by atoms with Crippen molar-refractivity contribution in [2.24, 2.45) is 5.92 Å². The van der Waals surface area contributed by atoms with Crippen LogP contribution in [0.5, 0.6) is 0 Å². The number of nitrogens with zero attached hydrogens (tertiary/aromatic N) is 1. The lowest BCUT2D eigenvalue weighted by Crippen LogP contribution is -2.65. The number of esters is 2. The maximum absolute atomic E-state index is 13.1. The smallest absolute Gasteiger partial charge is 0.333 e. The summed E-state index contributed by atoms with van der Waals surface area (Å²) in [6.45, 7) is 1.80. The number of benzene rings is 1. The molecule has 0 radical (unpaired) electrons. The molecule has 1 saturated carbocycles. The number of rotatable bonds is 2. The van der Waals surface area contributed by atoms with Crippen LogP contribution < -0.4 is 10.2 Å². The van der Waals surface area contributed by atoms with Crippen LogP contribution in [0.4, 0.5) is 5.69 Å². The van der Waals surface area contributed by atoms with Crippen LogP contribution in [0, 0.1) is 5.92 Å². The highest BCUT2D eigenvalue weighted by Gasteiger charge is 2.67. The summed E-state index contributed by atoms with van der Waals surface area (Å²) in [6, 6.07) is 10.4. The van der Waals surface area contributed by atoms with E-state index in [-0.39, 0.29) is 11.5 Å². The molecule has 0 amide bonds. The quantitative estimate of drug-likeness (QED) is 0.627. The lowest BCUT2D eigenvalue weighted by molar-refractivity contribution is -0.188. The van der Waals surface area contributed by atoms with Gasteiger partial charge in [-0.1, -0.05) is 63.1 Å². The average molecular weight is 467 g/mol. The first-order valence-corrected chi connectivity index (χ1v) is 13.3. The zero-order valence-corrected chi connectivity index (χ0v) is 20.2. The fourth-order valence-corrected chi connectivity index (χ4v) is 6.97. The van der Waals surface area contributed by atoms with E-state index in [1.165, 1.54) is 44.3 Å². The molecular weight excluding hydrogens is 428 g/mol. The molecule has 5 rings (SSSR count). The summed E-state index contributed by atoms with van der Waals surface area (Å²) in [7, 11) is 0. The van der Waals surface area contributed by atoms with E-state index in [4.69, 9.17) is 9.47 Å².